The summed E-state index contributed by atoms with van der Waals surface area (Å²) in [6, 6.07) is 3.04. The van der Waals surface area contributed by atoms with Crippen molar-refractivity contribution in [3.63, 3.8) is 0 Å². The van der Waals surface area contributed by atoms with Gasteiger partial charge >= 0.3 is 0 Å². The molecule has 0 spiro atoms. The van der Waals surface area contributed by atoms with E-state index in [4.69, 9.17) is 0 Å². The maximum atomic E-state index is 13.2. The van der Waals surface area contributed by atoms with Crippen molar-refractivity contribution in [2.45, 2.75) is 45.1 Å². The number of benzene rings is 1. The van der Waals surface area contributed by atoms with Gasteiger partial charge in [0, 0.05) is 31.5 Å². The van der Waals surface area contributed by atoms with Crippen molar-refractivity contribution in [2.75, 3.05) is 24.2 Å². The van der Waals surface area contributed by atoms with Gasteiger partial charge < -0.3 is 10.0 Å². The van der Waals surface area contributed by atoms with Crippen LogP contribution in [0.15, 0.2) is 17.0 Å². The third kappa shape index (κ3) is 3.34. The Labute approximate surface area is 159 Å². The van der Waals surface area contributed by atoms with Gasteiger partial charge in [-0.3, -0.25) is 4.79 Å². The van der Waals surface area contributed by atoms with E-state index in [0.717, 1.165) is 25.9 Å². The molecule has 1 aliphatic heterocycles. The number of aromatic hydroxyl groups is 1. The summed E-state index contributed by atoms with van der Waals surface area (Å²) in [7, 11) is -3.44. The molecule has 0 radical (unpaired) electrons. The molecular formula is C19H25N3O4S. The van der Waals surface area contributed by atoms with Crippen LogP contribution >= 0.6 is 0 Å². The topological polar surface area (TPSA) is 92.5 Å². The minimum absolute atomic E-state index is 0.158. The summed E-state index contributed by atoms with van der Waals surface area (Å²) in [4.78, 5) is 15.5. The Hall–Kier alpha value is -2.35. The molecule has 0 unspecified atom stereocenters. The molecule has 1 aromatic heterocycles. The maximum absolute atomic E-state index is 13.2. The lowest BCUT2D eigenvalue weighted by atomic mass is 9.97. The zero-order valence-corrected chi connectivity index (χ0v) is 16.9. The minimum Gasteiger partial charge on any atom is -0.493 e. The molecule has 0 aliphatic carbocycles. The van der Waals surface area contributed by atoms with Crippen LogP contribution in [0, 0.1) is 13.8 Å². The highest BCUT2D eigenvalue weighted by atomic mass is 32.2. The van der Waals surface area contributed by atoms with Crippen LogP contribution in [-0.2, 0) is 16.4 Å². The smallest absolute Gasteiger partial charge is 0.221 e. The quantitative estimate of drug-likeness (QED) is 0.787. The molecule has 1 aromatic carbocycles. The number of ketones is 1. The van der Waals surface area contributed by atoms with Crippen molar-refractivity contribution < 1.29 is 18.3 Å². The third-order valence-corrected chi connectivity index (χ3v) is 6.22. The van der Waals surface area contributed by atoms with E-state index < -0.39 is 9.84 Å². The lowest BCUT2D eigenvalue weighted by molar-refractivity contribution is 0.103. The fourth-order valence-corrected chi connectivity index (χ4v) is 4.69. The second-order valence-corrected chi connectivity index (χ2v) is 8.96. The summed E-state index contributed by atoms with van der Waals surface area (Å²) in [6.45, 7) is 7.26. The van der Waals surface area contributed by atoms with Crippen LogP contribution in [0.3, 0.4) is 0 Å². The van der Waals surface area contributed by atoms with Crippen molar-refractivity contribution >= 4 is 21.3 Å². The number of carbonyl (C=O) groups excluding carboxylic acids is 1. The first-order valence-corrected chi connectivity index (χ1v) is 11.0. The fourth-order valence-electron chi connectivity index (χ4n) is 3.74. The third-order valence-electron chi connectivity index (χ3n) is 5.09. The molecule has 146 valence electrons. The molecule has 0 atom stereocenters. The van der Waals surface area contributed by atoms with E-state index in [1.807, 2.05) is 11.8 Å². The monoisotopic (exact) mass is 391 g/mol. The Morgan fingerprint density at radius 3 is 2.37 bits per heavy atom. The van der Waals surface area contributed by atoms with Gasteiger partial charge in [-0.05, 0) is 51.3 Å². The van der Waals surface area contributed by atoms with E-state index in [0.29, 0.717) is 29.1 Å². The van der Waals surface area contributed by atoms with Crippen LogP contribution in [0.4, 0.5) is 5.69 Å². The second-order valence-electron chi connectivity index (χ2n) is 6.98. The zero-order chi connectivity index (χ0) is 19.9. The number of nitrogens with zero attached hydrogens (tertiary/aromatic N) is 3. The van der Waals surface area contributed by atoms with Gasteiger partial charge in [0.15, 0.2) is 9.84 Å². The minimum atomic E-state index is -3.44. The number of anilines is 1. The van der Waals surface area contributed by atoms with E-state index in [1.54, 1.807) is 13.8 Å². The van der Waals surface area contributed by atoms with Crippen LogP contribution in [0.5, 0.6) is 5.88 Å². The molecule has 1 aliphatic rings. The van der Waals surface area contributed by atoms with E-state index >= 15 is 0 Å². The molecule has 1 fully saturated rings. The van der Waals surface area contributed by atoms with Gasteiger partial charge in [-0.25, -0.2) is 13.1 Å². The van der Waals surface area contributed by atoms with Gasteiger partial charge in [-0.2, -0.15) is 5.10 Å². The standard InChI is InChI=1S/C19H25N3O4S/c1-5-22-19(24)16(13(3)20-22)18(23)14-8-9-15(27(4,25)26)17(12(14)2)21-10-6-7-11-21/h8-9,24H,5-7,10-11H2,1-4H3. The number of rotatable bonds is 5. The second kappa shape index (κ2) is 6.99. The first-order chi connectivity index (χ1) is 12.7. The Bertz CT molecular complexity index is 1000. The molecule has 27 heavy (non-hydrogen) atoms. The largest absolute Gasteiger partial charge is 0.493 e. The maximum Gasteiger partial charge on any atom is 0.221 e. The highest BCUT2D eigenvalue weighted by Gasteiger charge is 2.29. The van der Waals surface area contributed by atoms with Crippen molar-refractivity contribution in [1.82, 2.24) is 9.78 Å². The fraction of sp³-hybridized carbons (Fsp3) is 0.474. The van der Waals surface area contributed by atoms with E-state index in [9.17, 15) is 18.3 Å². The van der Waals surface area contributed by atoms with Gasteiger partial charge in [-0.15, -0.1) is 0 Å². The van der Waals surface area contributed by atoms with Crippen LogP contribution in [0.2, 0.25) is 0 Å². The van der Waals surface area contributed by atoms with E-state index in [2.05, 4.69) is 5.10 Å². The highest BCUT2D eigenvalue weighted by molar-refractivity contribution is 7.90. The Morgan fingerprint density at radius 1 is 1.22 bits per heavy atom. The normalized spacial score (nSPS) is 14.7. The van der Waals surface area contributed by atoms with Crippen molar-refractivity contribution in [2.24, 2.45) is 0 Å². The predicted octanol–water partition coefficient (Wildman–Crippen LogP) is 2.46. The average molecular weight is 391 g/mol. The molecule has 0 saturated carbocycles. The van der Waals surface area contributed by atoms with Crippen LogP contribution in [0.25, 0.3) is 0 Å². The van der Waals surface area contributed by atoms with Gasteiger partial charge in [0.25, 0.3) is 0 Å². The van der Waals surface area contributed by atoms with Gasteiger partial charge in [0.05, 0.1) is 16.3 Å². The molecule has 2 aromatic rings. The Morgan fingerprint density at radius 2 is 1.85 bits per heavy atom. The average Bonchev–Trinajstić information content (AvgIpc) is 3.21. The van der Waals surface area contributed by atoms with Crippen LogP contribution in [-0.4, -0.2) is 48.4 Å². The number of sulfone groups is 1. The number of hydrogen-bond donors (Lipinski definition) is 1. The summed E-state index contributed by atoms with van der Waals surface area (Å²) in [5, 5.41) is 14.6. The number of hydrogen-bond acceptors (Lipinski definition) is 6. The summed E-state index contributed by atoms with van der Waals surface area (Å²) < 4.78 is 26.0. The first kappa shape index (κ1) is 19.4. The van der Waals surface area contributed by atoms with Gasteiger partial charge in [-0.1, -0.05) is 0 Å². The molecule has 1 N–H and O–H groups in total. The SMILES string of the molecule is CCn1nc(C)c(C(=O)c2ccc(S(C)(=O)=O)c(N3CCCC3)c2C)c1O. The van der Waals surface area contributed by atoms with Gasteiger partial charge in [0.2, 0.25) is 11.7 Å². The molecule has 2 heterocycles. The number of aromatic nitrogens is 2. The molecule has 7 nitrogen and oxygen atoms in total. The van der Waals surface area contributed by atoms with Crippen LogP contribution < -0.4 is 4.90 Å². The lowest BCUT2D eigenvalue weighted by Crippen LogP contribution is -2.23. The van der Waals surface area contributed by atoms with Gasteiger partial charge in [0.1, 0.15) is 5.56 Å². The van der Waals surface area contributed by atoms with Crippen molar-refractivity contribution in [3.05, 3.63) is 34.5 Å². The van der Waals surface area contributed by atoms with Crippen molar-refractivity contribution in [3.8, 4) is 5.88 Å². The number of aryl methyl sites for hydroxylation is 2. The molecule has 0 bridgehead atoms. The summed E-state index contributed by atoms with van der Waals surface area (Å²) in [5.74, 6) is -0.503. The number of carbonyl (C=O) groups is 1. The Kier molecular flexibility index (Phi) is 5.03. The van der Waals surface area contributed by atoms with Crippen molar-refractivity contribution in [1.29, 1.82) is 0 Å². The Balaban J connectivity index is 2.19. The molecule has 1 saturated heterocycles. The van der Waals surface area contributed by atoms with E-state index in [-0.39, 0.29) is 22.1 Å². The van der Waals surface area contributed by atoms with E-state index in [1.165, 1.54) is 23.1 Å². The van der Waals surface area contributed by atoms with Crippen LogP contribution in [0.1, 0.15) is 46.9 Å². The molecular weight excluding hydrogens is 366 g/mol. The first-order valence-electron chi connectivity index (χ1n) is 9.06. The molecule has 3 rings (SSSR count). The highest BCUT2D eigenvalue weighted by Crippen LogP contribution is 2.35. The summed E-state index contributed by atoms with van der Waals surface area (Å²) >= 11 is 0. The zero-order valence-electron chi connectivity index (χ0n) is 16.1. The molecule has 0 amide bonds. The summed E-state index contributed by atoms with van der Waals surface area (Å²) in [6.07, 6.45) is 3.16. The molecule has 8 heteroatoms. The predicted molar refractivity (Wildman–Crippen MR) is 103 cm³/mol. The lowest BCUT2D eigenvalue weighted by Gasteiger charge is -2.24. The summed E-state index contributed by atoms with van der Waals surface area (Å²) in [5.41, 5.74) is 2.22.